The van der Waals surface area contributed by atoms with Crippen LogP contribution in [0.3, 0.4) is 0 Å². The van der Waals surface area contributed by atoms with Gasteiger partial charge in [-0.15, -0.1) is 0 Å². The number of carbonyl (C=O) groups excluding carboxylic acids is 2. The summed E-state index contributed by atoms with van der Waals surface area (Å²) in [5.41, 5.74) is 0. The van der Waals surface area contributed by atoms with Crippen molar-refractivity contribution >= 4 is 27.6 Å². The predicted molar refractivity (Wildman–Crippen MR) is 70.8 cm³/mol. The molecule has 1 saturated heterocycles. The zero-order chi connectivity index (χ0) is 16.3. The van der Waals surface area contributed by atoms with Gasteiger partial charge in [0.2, 0.25) is 5.76 Å². The molecule has 1 aromatic heterocycles. The van der Waals surface area contributed by atoms with Crippen LogP contribution in [0.4, 0.5) is 5.88 Å². The van der Waals surface area contributed by atoms with E-state index in [9.17, 15) is 28.1 Å². The summed E-state index contributed by atoms with van der Waals surface area (Å²) in [5, 5.41) is 12.8. The van der Waals surface area contributed by atoms with Gasteiger partial charge in [0.05, 0.1) is 17.6 Å². The van der Waals surface area contributed by atoms with E-state index in [1.165, 1.54) is 0 Å². The summed E-state index contributed by atoms with van der Waals surface area (Å²) in [5.74, 6) is -2.83. The molecule has 0 aromatic carbocycles. The van der Waals surface area contributed by atoms with Crippen LogP contribution in [-0.4, -0.2) is 49.4 Å². The Kier molecular flexibility index (Phi) is 4.45. The average Bonchev–Trinajstić information content (AvgIpc) is 3.03. The standard InChI is InChI=1S/C11H12N2O8S/c14-9(12-7-3-4-22(18,19)6-7)5-20-11(15)8-1-2-10(21-8)13(16)17/h1-2,7H,3-6H2,(H,12,14)/t7-/m1/s1. The normalized spacial score (nSPS) is 19.5. The Morgan fingerprint density at radius 2 is 2.18 bits per heavy atom. The highest BCUT2D eigenvalue weighted by molar-refractivity contribution is 7.91. The number of nitro groups is 1. The highest BCUT2D eigenvalue weighted by Gasteiger charge is 2.29. The molecule has 0 unspecified atom stereocenters. The Bertz CT molecular complexity index is 707. The number of esters is 1. The van der Waals surface area contributed by atoms with E-state index in [0.717, 1.165) is 12.1 Å². The van der Waals surface area contributed by atoms with Crippen LogP contribution in [0.15, 0.2) is 16.5 Å². The number of nitrogens with one attached hydrogen (secondary N) is 1. The Morgan fingerprint density at radius 3 is 2.73 bits per heavy atom. The van der Waals surface area contributed by atoms with E-state index >= 15 is 0 Å². The largest absolute Gasteiger partial charge is 0.450 e. The molecule has 0 bridgehead atoms. The molecule has 1 N–H and O–H groups in total. The molecule has 1 amide bonds. The smallest absolute Gasteiger partial charge is 0.433 e. The fourth-order valence-electron chi connectivity index (χ4n) is 1.92. The molecule has 1 aromatic rings. The number of amides is 1. The van der Waals surface area contributed by atoms with Crippen molar-refractivity contribution in [3.05, 3.63) is 28.0 Å². The Morgan fingerprint density at radius 1 is 1.45 bits per heavy atom. The molecule has 0 aliphatic carbocycles. The second-order valence-electron chi connectivity index (χ2n) is 4.64. The number of hydrogen-bond acceptors (Lipinski definition) is 8. The highest BCUT2D eigenvalue weighted by atomic mass is 32.2. The minimum Gasteiger partial charge on any atom is -0.450 e. The summed E-state index contributed by atoms with van der Waals surface area (Å²) in [6, 6.07) is 1.54. The Balaban J connectivity index is 1.80. The first kappa shape index (κ1) is 15.9. The van der Waals surface area contributed by atoms with Crippen molar-refractivity contribution in [2.45, 2.75) is 12.5 Å². The summed E-state index contributed by atoms with van der Waals surface area (Å²) in [7, 11) is -3.12. The van der Waals surface area contributed by atoms with E-state index in [4.69, 9.17) is 0 Å². The molecule has 11 heteroatoms. The van der Waals surface area contributed by atoms with Gasteiger partial charge in [-0.1, -0.05) is 0 Å². The van der Waals surface area contributed by atoms with Crippen LogP contribution in [0.25, 0.3) is 0 Å². The van der Waals surface area contributed by atoms with Crippen molar-refractivity contribution in [1.82, 2.24) is 5.32 Å². The zero-order valence-corrected chi connectivity index (χ0v) is 12.0. The SMILES string of the molecule is O=C(COC(=O)c1ccc([N+](=O)[O-])o1)N[C@@H]1CCS(=O)(=O)C1. The number of sulfone groups is 1. The topological polar surface area (TPSA) is 146 Å². The first-order valence-corrected chi connectivity index (χ1v) is 8.00. The number of carbonyl (C=O) groups is 2. The van der Waals surface area contributed by atoms with Crippen LogP contribution in [0.1, 0.15) is 17.0 Å². The van der Waals surface area contributed by atoms with E-state index < -0.39 is 50.9 Å². The molecule has 0 saturated carbocycles. The first-order chi connectivity index (χ1) is 10.3. The molecule has 0 radical (unpaired) electrons. The minimum absolute atomic E-state index is 0.00774. The second kappa shape index (κ2) is 6.13. The third-order valence-electron chi connectivity index (χ3n) is 2.90. The summed E-state index contributed by atoms with van der Waals surface area (Å²) in [6.45, 7) is -0.635. The lowest BCUT2D eigenvalue weighted by atomic mass is 10.2. The predicted octanol–water partition coefficient (Wildman–Crippen LogP) is -0.352. The molecule has 1 fully saturated rings. The van der Waals surface area contributed by atoms with Gasteiger partial charge < -0.3 is 14.5 Å². The molecule has 10 nitrogen and oxygen atoms in total. The maximum Gasteiger partial charge on any atom is 0.433 e. The molecule has 2 rings (SSSR count). The van der Waals surface area contributed by atoms with Crippen LogP contribution < -0.4 is 5.32 Å². The maximum atomic E-state index is 11.5. The third kappa shape index (κ3) is 4.04. The van der Waals surface area contributed by atoms with Crippen molar-refractivity contribution in [2.75, 3.05) is 18.1 Å². The van der Waals surface area contributed by atoms with Crippen molar-refractivity contribution in [3.63, 3.8) is 0 Å². The minimum atomic E-state index is -3.12. The average molecular weight is 332 g/mol. The quantitative estimate of drug-likeness (QED) is 0.437. The fraction of sp³-hybridized carbons (Fsp3) is 0.455. The third-order valence-corrected chi connectivity index (χ3v) is 4.67. The molecule has 1 aliphatic rings. The highest BCUT2D eigenvalue weighted by Crippen LogP contribution is 2.16. The Hall–Kier alpha value is -2.43. The van der Waals surface area contributed by atoms with Gasteiger partial charge in [-0.2, -0.15) is 0 Å². The van der Waals surface area contributed by atoms with Crippen molar-refractivity contribution in [2.24, 2.45) is 0 Å². The summed E-state index contributed by atoms with van der Waals surface area (Å²) in [4.78, 5) is 32.6. The van der Waals surface area contributed by atoms with Gasteiger partial charge in [-0.3, -0.25) is 14.9 Å². The second-order valence-corrected chi connectivity index (χ2v) is 6.87. The van der Waals surface area contributed by atoms with Crippen molar-refractivity contribution < 1.29 is 32.1 Å². The first-order valence-electron chi connectivity index (χ1n) is 6.18. The van der Waals surface area contributed by atoms with Crippen LogP contribution in [0, 0.1) is 10.1 Å². The molecule has 0 spiro atoms. The maximum absolute atomic E-state index is 11.5. The molecule has 120 valence electrons. The van der Waals surface area contributed by atoms with Gasteiger partial charge in [-0.25, -0.2) is 13.2 Å². The molecule has 22 heavy (non-hydrogen) atoms. The van der Waals surface area contributed by atoms with Crippen LogP contribution in [0.2, 0.25) is 0 Å². The summed E-state index contributed by atoms with van der Waals surface area (Å²) in [6.07, 6.45) is 0.312. The van der Waals surface area contributed by atoms with Crippen LogP contribution in [-0.2, 0) is 19.4 Å². The lowest BCUT2D eigenvalue weighted by Gasteiger charge is -2.10. The molecule has 1 aliphatic heterocycles. The van der Waals surface area contributed by atoms with Crippen LogP contribution in [0.5, 0.6) is 0 Å². The zero-order valence-electron chi connectivity index (χ0n) is 11.2. The number of furan rings is 1. The molecule has 1 atom stereocenters. The van der Waals surface area contributed by atoms with Crippen molar-refractivity contribution in [1.29, 1.82) is 0 Å². The number of nitrogens with zero attached hydrogens (tertiary/aromatic N) is 1. The van der Waals surface area contributed by atoms with Crippen LogP contribution >= 0.6 is 0 Å². The number of hydrogen-bond donors (Lipinski definition) is 1. The van der Waals surface area contributed by atoms with E-state index in [1.807, 2.05) is 0 Å². The van der Waals surface area contributed by atoms with E-state index in [0.29, 0.717) is 6.42 Å². The monoisotopic (exact) mass is 332 g/mol. The van der Waals surface area contributed by atoms with E-state index in [-0.39, 0.29) is 11.5 Å². The van der Waals surface area contributed by atoms with Gasteiger partial charge in [0.25, 0.3) is 5.91 Å². The van der Waals surface area contributed by atoms with E-state index in [1.54, 1.807) is 0 Å². The van der Waals surface area contributed by atoms with Gasteiger partial charge >= 0.3 is 11.9 Å². The Labute approximate surface area is 124 Å². The van der Waals surface area contributed by atoms with Gasteiger partial charge in [-0.05, 0) is 12.5 Å². The molecular weight excluding hydrogens is 320 g/mol. The number of rotatable bonds is 5. The van der Waals surface area contributed by atoms with E-state index in [2.05, 4.69) is 14.5 Å². The molecule has 2 heterocycles. The molecular formula is C11H12N2O8S. The number of ether oxygens (including phenoxy) is 1. The summed E-state index contributed by atoms with van der Waals surface area (Å²) < 4.78 is 31.7. The van der Waals surface area contributed by atoms with Gasteiger partial charge in [0.1, 0.15) is 4.92 Å². The summed E-state index contributed by atoms with van der Waals surface area (Å²) >= 11 is 0. The van der Waals surface area contributed by atoms with Crippen molar-refractivity contribution in [3.8, 4) is 0 Å². The van der Waals surface area contributed by atoms with Gasteiger partial charge in [0, 0.05) is 6.04 Å². The van der Waals surface area contributed by atoms with Gasteiger partial charge in [0.15, 0.2) is 16.4 Å². The lowest BCUT2D eigenvalue weighted by Crippen LogP contribution is -2.38. The lowest BCUT2D eigenvalue weighted by molar-refractivity contribution is -0.402. The fourth-order valence-corrected chi connectivity index (χ4v) is 3.59.